The maximum Gasteiger partial charge on any atom is 0.400 e. The Morgan fingerprint density at radius 1 is 0.727 bits per heavy atom. The van der Waals surface area contributed by atoms with Crippen LogP contribution in [0.1, 0.15) is 140 Å². The van der Waals surface area contributed by atoms with Gasteiger partial charge in [-0.25, -0.2) is 8.78 Å². The van der Waals surface area contributed by atoms with Crippen LogP contribution in [0.15, 0.2) is 41.3 Å². The summed E-state index contributed by atoms with van der Waals surface area (Å²) in [5.74, 6) is 1.77. The summed E-state index contributed by atoms with van der Waals surface area (Å²) in [4.78, 5) is 0.448. The Balaban J connectivity index is 1.06. The molecule has 0 saturated heterocycles. The molecule has 0 spiro atoms. The van der Waals surface area contributed by atoms with E-state index in [2.05, 4.69) is 19.1 Å². The third-order valence-corrected chi connectivity index (χ3v) is 12.1. The fourth-order valence-corrected chi connectivity index (χ4v) is 9.15. The number of unbranched alkanes of at least 4 members (excludes halogenated alkanes) is 2. The fourth-order valence-electron chi connectivity index (χ4n) is 8.48. The van der Waals surface area contributed by atoms with Crippen molar-refractivity contribution >= 4 is 11.8 Å². The zero-order valence-corrected chi connectivity index (χ0v) is 27.6. The van der Waals surface area contributed by atoms with Gasteiger partial charge in [-0.1, -0.05) is 51.7 Å². The third kappa shape index (κ3) is 8.56. The normalized spacial score (nSPS) is 28.1. The maximum absolute atomic E-state index is 15.4. The average molecular weight is 633 g/mol. The molecule has 44 heavy (non-hydrogen) atoms. The van der Waals surface area contributed by atoms with Gasteiger partial charge < -0.3 is 4.74 Å². The number of rotatable bonds is 12. The molecule has 0 radical (unpaired) electrons. The summed E-state index contributed by atoms with van der Waals surface area (Å²) >= 11 is 1.34. The molecule has 244 valence electrons. The van der Waals surface area contributed by atoms with Gasteiger partial charge in [0.25, 0.3) is 0 Å². The van der Waals surface area contributed by atoms with Crippen molar-refractivity contribution in [3.8, 4) is 5.75 Å². The molecular formula is C38H52F4OS. The lowest BCUT2D eigenvalue weighted by Crippen LogP contribution is -2.38. The van der Waals surface area contributed by atoms with E-state index >= 15 is 13.2 Å². The van der Waals surface area contributed by atoms with Crippen LogP contribution < -0.4 is 4.74 Å². The third-order valence-electron chi connectivity index (χ3n) is 11.1. The van der Waals surface area contributed by atoms with Crippen LogP contribution in [-0.2, 0) is 0 Å². The summed E-state index contributed by atoms with van der Waals surface area (Å²) in [5, 5.41) is 0. The number of alkyl halides is 2. The number of hydrogen-bond acceptors (Lipinski definition) is 2. The van der Waals surface area contributed by atoms with Crippen LogP contribution in [0, 0.1) is 35.3 Å². The molecule has 0 heterocycles. The van der Waals surface area contributed by atoms with Crippen molar-refractivity contribution < 1.29 is 22.3 Å². The molecule has 3 aliphatic carbocycles. The molecule has 2 aromatic carbocycles. The highest BCUT2D eigenvalue weighted by Crippen LogP contribution is 2.48. The Bertz CT molecular complexity index is 1180. The number of halogens is 4. The molecule has 0 aromatic heterocycles. The van der Waals surface area contributed by atoms with Crippen molar-refractivity contribution in [1.29, 1.82) is 0 Å². The van der Waals surface area contributed by atoms with Gasteiger partial charge in [-0.3, -0.25) is 0 Å². The van der Waals surface area contributed by atoms with Crippen molar-refractivity contribution in [2.45, 2.75) is 139 Å². The van der Waals surface area contributed by atoms with Crippen molar-refractivity contribution in [2.24, 2.45) is 23.7 Å². The lowest BCUT2D eigenvalue weighted by Gasteiger charge is -2.39. The van der Waals surface area contributed by atoms with E-state index in [0.29, 0.717) is 41.2 Å². The van der Waals surface area contributed by atoms with E-state index in [-0.39, 0.29) is 17.5 Å². The Morgan fingerprint density at radius 2 is 1.39 bits per heavy atom. The molecule has 3 saturated carbocycles. The first-order valence-electron chi connectivity index (χ1n) is 17.6. The maximum atomic E-state index is 15.4. The number of benzene rings is 2. The second-order valence-corrected chi connectivity index (χ2v) is 15.2. The van der Waals surface area contributed by atoms with Gasteiger partial charge in [0.15, 0.2) is 0 Å². The monoisotopic (exact) mass is 632 g/mol. The zero-order valence-electron chi connectivity index (χ0n) is 26.8. The Kier molecular flexibility index (Phi) is 12.0. The van der Waals surface area contributed by atoms with Gasteiger partial charge in [-0.2, -0.15) is 8.78 Å². The quantitative estimate of drug-likeness (QED) is 0.131. The number of ether oxygens (including phenoxy) is 1. The minimum absolute atomic E-state index is 0.0302. The van der Waals surface area contributed by atoms with E-state index in [1.807, 2.05) is 13.0 Å². The highest BCUT2D eigenvalue weighted by atomic mass is 32.2. The van der Waals surface area contributed by atoms with Crippen LogP contribution in [0.25, 0.3) is 0 Å². The zero-order chi connectivity index (χ0) is 31.1. The molecule has 0 N–H and O–H groups in total. The molecule has 6 heteroatoms. The lowest BCUT2D eigenvalue weighted by atomic mass is 9.68. The van der Waals surface area contributed by atoms with Gasteiger partial charge in [0, 0.05) is 11.0 Å². The highest BCUT2D eigenvalue weighted by molar-refractivity contribution is 7.99. The van der Waals surface area contributed by atoms with Crippen molar-refractivity contribution in [3.05, 3.63) is 59.2 Å². The van der Waals surface area contributed by atoms with E-state index in [4.69, 9.17) is 4.74 Å². The largest absolute Gasteiger partial charge is 0.432 e. The van der Waals surface area contributed by atoms with E-state index in [1.165, 1.54) is 80.8 Å². The highest BCUT2D eigenvalue weighted by Gasteiger charge is 2.45. The molecule has 5 rings (SSSR count). The average Bonchev–Trinajstić information content (AvgIpc) is 3.03. The van der Waals surface area contributed by atoms with E-state index in [1.54, 1.807) is 0 Å². The van der Waals surface area contributed by atoms with Gasteiger partial charge >= 0.3 is 6.11 Å². The van der Waals surface area contributed by atoms with E-state index < -0.39 is 17.8 Å². The number of thioether (sulfide) groups is 1. The van der Waals surface area contributed by atoms with Gasteiger partial charge in [-0.05, 0) is 142 Å². The predicted octanol–water partition coefficient (Wildman–Crippen LogP) is 12.7. The molecule has 0 amide bonds. The summed E-state index contributed by atoms with van der Waals surface area (Å²) in [6.07, 6.45) is 13.3. The van der Waals surface area contributed by atoms with Gasteiger partial charge in [0.1, 0.15) is 17.4 Å². The van der Waals surface area contributed by atoms with Crippen LogP contribution >= 0.6 is 11.8 Å². The molecule has 0 aliphatic heterocycles. The van der Waals surface area contributed by atoms with Gasteiger partial charge in [0.2, 0.25) is 0 Å². The standard InChI is InChI=1S/C38H52F4OS/c1-3-5-6-7-26-8-10-29(11-9-26)31-18-22-34(35(39)24-31)30-14-12-27(13-15-30)28-16-19-32(20-17-28)38(41,42)43-33-21-23-37(44-4-2)36(40)25-33/h18,21-30,32H,3-17,19-20H2,1-2H3. The molecule has 0 atom stereocenters. The van der Waals surface area contributed by atoms with Crippen LogP contribution in [0.2, 0.25) is 0 Å². The van der Waals surface area contributed by atoms with Gasteiger partial charge in [0.05, 0.1) is 5.92 Å². The van der Waals surface area contributed by atoms with Crippen LogP contribution in [0.4, 0.5) is 17.6 Å². The SMILES string of the molecule is CCCCCC1CCC(c2ccc(C3CCC(C4CCC(C(F)(F)Oc5ccc(SCC)c(F)c5)CC4)CC3)c(F)c2)CC1. The van der Waals surface area contributed by atoms with Gasteiger partial charge in [-0.15, -0.1) is 11.8 Å². The Hall–Kier alpha value is -1.69. The molecule has 0 unspecified atom stereocenters. The minimum atomic E-state index is -3.31. The molecular weight excluding hydrogens is 580 g/mol. The van der Waals surface area contributed by atoms with Crippen LogP contribution in [-0.4, -0.2) is 11.9 Å². The topological polar surface area (TPSA) is 9.23 Å². The van der Waals surface area contributed by atoms with E-state index in [0.717, 1.165) is 56.1 Å². The summed E-state index contributed by atoms with van der Waals surface area (Å²) in [6.45, 7) is 4.18. The fraction of sp³-hybridized carbons (Fsp3) is 0.684. The number of hydrogen-bond donors (Lipinski definition) is 0. The summed E-state index contributed by atoms with van der Waals surface area (Å²) in [7, 11) is 0. The summed E-state index contributed by atoms with van der Waals surface area (Å²) < 4.78 is 64.8. The second-order valence-electron chi connectivity index (χ2n) is 13.9. The smallest absolute Gasteiger partial charge is 0.400 e. The lowest BCUT2D eigenvalue weighted by molar-refractivity contribution is -0.224. The van der Waals surface area contributed by atoms with E-state index in [9.17, 15) is 4.39 Å². The first-order chi connectivity index (χ1) is 21.3. The summed E-state index contributed by atoms with van der Waals surface area (Å²) in [6, 6.07) is 10.1. The second kappa shape index (κ2) is 15.7. The first kappa shape index (κ1) is 33.7. The molecule has 2 aromatic rings. The summed E-state index contributed by atoms with van der Waals surface area (Å²) in [5.41, 5.74) is 2.06. The predicted molar refractivity (Wildman–Crippen MR) is 174 cm³/mol. The van der Waals surface area contributed by atoms with Crippen molar-refractivity contribution in [2.75, 3.05) is 5.75 Å². The minimum Gasteiger partial charge on any atom is -0.432 e. The molecule has 3 fully saturated rings. The van der Waals surface area contributed by atoms with Crippen molar-refractivity contribution in [1.82, 2.24) is 0 Å². The Morgan fingerprint density at radius 3 is 2.00 bits per heavy atom. The van der Waals surface area contributed by atoms with Crippen LogP contribution in [0.5, 0.6) is 5.75 Å². The molecule has 0 bridgehead atoms. The van der Waals surface area contributed by atoms with Crippen molar-refractivity contribution in [3.63, 3.8) is 0 Å². The molecule has 3 aliphatic rings. The molecule has 1 nitrogen and oxygen atoms in total. The first-order valence-corrected chi connectivity index (χ1v) is 18.5. The van der Waals surface area contributed by atoms with Crippen LogP contribution in [0.3, 0.4) is 0 Å². The Labute approximate surface area is 267 Å².